The van der Waals surface area contributed by atoms with Gasteiger partial charge in [-0.15, -0.1) is 11.3 Å². The van der Waals surface area contributed by atoms with Gasteiger partial charge in [-0.3, -0.25) is 18.8 Å². The van der Waals surface area contributed by atoms with Gasteiger partial charge in [0.1, 0.15) is 22.5 Å². The van der Waals surface area contributed by atoms with Crippen LogP contribution in [0.2, 0.25) is 0 Å². The number of aliphatic carboxylic acids is 1. The number of carboxylic acid groups (broad SMARTS) is 1. The molecule has 10 nitrogen and oxygen atoms in total. The molecule has 0 aliphatic carbocycles. The molecule has 4 rings (SSSR count). The summed E-state index contributed by atoms with van der Waals surface area (Å²) >= 11 is 1.20. The van der Waals surface area contributed by atoms with Gasteiger partial charge < -0.3 is 20.4 Å². The van der Waals surface area contributed by atoms with E-state index in [4.69, 9.17) is 0 Å². The zero-order valence-electron chi connectivity index (χ0n) is 16.4. The minimum absolute atomic E-state index is 0.0873. The molecular weight excluding hydrogens is 412 g/mol. The molecule has 1 unspecified atom stereocenters. The molecule has 0 radical (unpaired) electrons. The Morgan fingerprint density at radius 3 is 2.67 bits per heavy atom. The average molecular weight is 432 g/mol. The molecule has 2 aromatic heterocycles. The van der Waals surface area contributed by atoms with Gasteiger partial charge in [0, 0.05) is 17.7 Å². The summed E-state index contributed by atoms with van der Waals surface area (Å²) in [7, 11) is 0. The zero-order chi connectivity index (χ0) is 21.9. The Morgan fingerprint density at radius 2 is 2.07 bits per heavy atom. The van der Waals surface area contributed by atoms with E-state index in [2.05, 4.69) is 10.3 Å². The third-order valence-electron chi connectivity index (χ3n) is 5.80. The minimum atomic E-state index is -1.21. The van der Waals surface area contributed by atoms with E-state index >= 15 is 0 Å². The van der Waals surface area contributed by atoms with Crippen LogP contribution in [0, 0.1) is 11.8 Å². The quantitative estimate of drug-likeness (QED) is 0.326. The van der Waals surface area contributed by atoms with E-state index in [1.54, 1.807) is 17.5 Å². The number of hydrogen-bond acceptors (Lipinski definition) is 7. The molecule has 2 aliphatic rings. The first-order valence-corrected chi connectivity index (χ1v) is 10.2. The Labute approximate surface area is 174 Å². The van der Waals surface area contributed by atoms with Crippen LogP contribution in [-0.4, -0.2) is 66.8 Å². The maximum Gasteiger partial charge on any atom is 0.352 e. The summed E-state index contributed by atoms with van der Waals surface area (Å²) in [6.07, 6.45) is 2.70. The molecule has 4 heterocycles. The van der Waals surface area contributed by atoms with Gasteiger partial charge in [-0.05, 0) is 13.8 Å². The third-order valence-corrected chi connectivity index (χ3v) is 6.94. The number of thiazole rings is 1. The number of Topliss-reactive ketones (excluding diaryl/α,β-unsaturated/α-hetero) is 1. The maximum atomic E-state index is 12.6. The van der Waals surface area contributed by atoms with Gasteiger partial charge in [0.15, 0.2) is 0 Å². The highest BCUT2D eigenvalue weighted by molar-refractivity contribution is 7.18. The van der Waals surface area contributed by atoms with Crippen LogP contribution in [0.1, 0.15) is 36.1 Å². The van der Waals surface area contributed by atoms with E-state index in [-0.39, 0.29) is 23.1 Å². The molecule has 30 heavy (non-hydrogen) atoms. The van der Waals surface area contributed by atoms with Gasteiger partial charge in [-0.2, -0.15) is 0 Å². The summed E-state index contributed by atoms with van der Waals surface area (Å²) in [5.74, 6) is -2.93. The summed E-state index contributed by atoms with van der Waals surface area (Å²) < 4.78 is 1.63. The van der Waals surface area contributed by atoms with Crippen LogP contribution in [0.15, 0.2) is 18.2 Å². The molecule has 0 bridgehead atoms. The highest BCUT2D eigenvalue weighted by Gasteiger charge is 2.60. The molecule has 11 heteroatoms. The second kappa shape index (κ2) is 7.03. The lowest BCUT2D eigenvalue weighted by molar-refractivity contribution is -0.163. The van der Waals surface area contributed by atoms with Gasteiger partial charge in [0.2, 0.25) is 18.1 Å². The highest BCUT2D eigenvalue weighted by atomic mass is 32.1. The molecule has 2 aromatic rings. The number of imidazole rings is 1. The van der Waals surface area contributed by atoms with E-state index in [0.717, 1.165) is 0 Å². The third kappa shape index (κ3) is 2.69. The number of β-lactam (4-membered cyclic amide) rings is 1. The first-order chi connectivity index (χ1) is 14.2. The molecular formula is C19H20N4O6S. The number of amides is 2. The fourth-order valence-corrected chi connectivity index (χ4v) is 5.59. The van der Waals surface area contributed by atoms with E-state index in [1.165, 1.54) is 29.5 Å². The van der Waals surface area contributed by atoms with E-state index < -0.39 is 36.0 Å². The van der Waals surface area contributed by atoms with Crippen LogP contribution in [0.25, 0.3) is 10.4 Å². The SMILES string of the molecule is CC(NC=O)C(=O)c1ncn2cc(C3=C(C(=O)O)N4C(=O)[C@H]([C@@H](C)O)[C@H]4[C@H]3C)sc12. The van der Waals surface area contributed by atoms with Gasteiger partial charge in [0.05, 0.1) is 29.0 Å². The Bertz CT molecular complexity index is 1120. The number of nitrogens with zero attached hydrogens (tertiary/aromatic N) is 3. The van der Waals surface area contributed by atoms with Crippen LogP contribution in [0.3, 0.4) is 0 Å². The number of hydrogen-bond donors (Lipinski definition) is 3. The number of rotatable bonds is 7. The first-order valence-electron chi connectivity index (χ1n) is 9.38. The molecule has 0 aromatic carbocycles. The number of aliphatic hydroxyl groups excluding tert-OH is 1. The molecule has 3 N–H and O–H groups in total. The Hall–Kier alpha value is -3.05. The molecule has 158 valence electrons. The number of carbonyl (C=O) groups excluding carboxylic acids is 3. The lowest BCUT2D eigenvalue weighted by Gasteiger charge is -2.46. The van der Waals surface area contributed by atoms with Crippen molar-refractivity contribution in [2.75, 3.05) is 0 Å². The van der Waals surface area contributed by atoms with Gasteiger partial charge in [0.25, 0.3) is 0 Å². The predicted molar refractivity (Wildman–Crippen MR) is 106 cm³/mol. The lowest BCUT2D eigenvalue weighted by Crippen LogP contribution is -2.63. The number of aliphatic hydroxyl groups is 1. The van der Waals surface area contributed by atoms with E-state index in [9.17, 15) is 29.4 Å². The normalized spacial score (nSPS) is 25.1. The second-order valence-corrected chi connectivity index (χ2v) is 8.62. The Balaban J connectivity index is 1.78. The molecule has 0 saturated carbocycles. The number of fused-ring (bicyclic) bond motifs is 2. The van der Waals surface area contributed by atoms with Crippen molar-refractivity contribution in [3.63, 3.8) is 0 Å². The number of carbonyl (C=O) groups is 4. The standard InChI is InChI=1S/C19H20N4O6S/c1-7-11(15(19(28)29)23-14(7)12(9(3)25)17(23)27)10-4-22-5-20-13(18(22)30-10)16(26)8(2)21-6-24/h4-9,12,14,25H,1-3H3,(H,21,24)(H,28,29)/t7-,8?,9+,12+,14+/m0/s1. The van der Waals surface area contributed by atoms with Crippen molar-refractivity contribution in [3.05, 3.63) is 28.8 Å². The van der Waals surface area contributed by atoms with Crippen LogP contribution in [0.4, 0.5) is 0 Å². The smallest absolute Gasteiger partial charge is 0.352 e. The molecule has 5 atom stereocenters. The topological polar surface area (TPSA) is 141 Å². The summed E-state index contributed by atoms with van der Waals surface area (Å²) in [6, 6.07) is -1.17. The van der Waals surface area contributed by atoms with Crippen molar-refractivity contribution in [2.45, 2.75) is 39.0 Å². The number of nitrogens with one attached hydrogen (secondary N) is 1. The average Bonchev–Trinajstić information content (AvgIpc) is 3.30. The van der Waals surface area contributed by atoms with Crippen molar-refractivity contribution in [1.82, 2.24) is 19.6 Å². The number of carboxylic acids is 1. The van der Waals surface area contributed by atoms with Crippen LogP contribution in [0.5, 0.6) is 0 Å². The summed E-state index contributed by atoms with van der Waals surface area (Å²) in [5.41, 5.74) is 0.586. The lowest BCUT2D eigenvalue weighted by atomic mass is 9.77. The van der Waals surface area contributed by atoms with Crippen LogP contribution >= 0.6 is 11.3 Å². The molecule has 2 aliphatic heterocycles. The largest absolute Gasteiger partial charge is 0.477 e. The van der Waals surface area contributed by atoms with Crippen molar-refractivity contribution >= 4 is 45.8 Å². The Morgan fingerprint density at radius 1 is 1.37 bits per heavy atom. The van der Waals surface area contributed by atoms with Crippen LogP contribution < -0.4 is 5.32 Å². The van der Waals surface area contributed by atoms with Crippen molar-refractivity contribution in [2.24, 2.45) is 11.8 Å². The van der Waals surface area contributed by atoms with Gasteiger partial charge in [-0.25, -0.2) is 9.78 Å². The van der Waals surface area contributed by atoms with E-state index in [1.807, 2.05) is 6.92 Å². The summed E-state index contributed by atoms with van der Waals surface area (Å²) in [6.45, 7) is 4.91. The number of aromatic nitrogens is 2. The minimum Gasteiger partial charge on any atom is -0.477 e. The highest BCUT2D eigenvalue weighted by Crippen LogP contribution is 2.51. The summed E-state index contributed by atoms with van der Waals surface area (Å²) in [4.78, 5) is 54.2. The number of ketones is 1. The van der Waals surface area contributed by atoms with Gasteiger partial charge in [-0.1, -0.05) is 6.92 Å². The molecule has 2 amide bonds. The second-order valence-electron chi connectivity index (χ2n) is 7.59. The summed E-state index contributed by atoms with van der Waals surface area (Å²) in [5, 5.41) is 22.2. The maximum absolute atomic E-state index is 12.6. The van der Waals surface area contributed by atoms with Crippen LogP contribution in [-0.2, 0) is 14.4 Å². The fourth-order valence-electron chi connectivity index (χ4n) is 4.37. The predicted octanol–water partition coefficient (Wildman–Crippen LogP) is 0.366. The zero-order valence-corrected chi connectivity index (χ0v) is 17.2. The van der Waals surface area contributed by atoms with Crippen molar-refractivity contribution < 1.29 is 29.4 Å². The monoisotopic (exact) mass is 432 g/mol. The first kappa shape index (κ1) is 20.2. The van der Waals surface area contributed by atoms with Crippen molar-refractivity contribution in [1.29, 1.82) is 0 Å². The van der Waals surface area contributed by atoms with Gasteiger partial charge >= 0.3 is 5.97 Å². The molecule has 1 saturated heterocycles. The van der Waals surface area contributed by atoms with E-state index in [0.29, 0.717) is 21.7 Å². The molecule has 0 spiro atoms. The molecule has 1 fully saturated rings. The van der Waals surface area contributed by atoms with Crippen molar-refractivity contribution in [3.8, 4) is 0 Å². The Kier molecular flexibility index (Phi) is 4.74. The fraction of sp³-hybridized carbons (Fsp3) is 0.421.